The van der Waals surface area contributed by atoms with Gasteiger partial charge in [-0.25, -0.2) is 4.21 Å². The van der Waals surface area contributed by atoms with Crippen molar-refractivity contribution in [3.63, 3.8) is 0 Å². The first-order valence-corrected chi connectivity index (χ1v) is 4.57. The average molecular weight is 181 g/mol. The topological polar surface area (TPSA) is 61.1 Å². The van der Waals surface area contributed by atoms with Crippen LogP contribution in [-0.2, 0) is 16.8 Å². The summed E-state index contributed by atoms with van der Waals surface area (Å²) in [5, 5.41) is 8.60. The molecular formula is C8H7NO2S. The van der Waals surface area contributed by atoms with Gasteiger partial charge in [-0.1, -0.05) is 18.2 Å². The first-order valence-electron chi connectivity index (χ1n) is 3.29. The molecule has 4 heteroatoms. The fraction of sp³-hybridized carbons (Fsp3) is 0.125. The van der Waals surface area contributed by atoms with Crippen molar-refractivity contribution in [2.24, 2.45) is 0 Å². The smallest absolute Gasteiger partial charge is 0.157 e. The van der Waals surface area contributed by atoms with Gasteiger partial charge in [0.2, 0.25) is 0 Å². The van der Waals surface area contributed by atoms with Crippen molar-refractivity contribution in [2.45, 2.75) is 5.75 Å². The van der Waals surface area contributed by atoms with Crippen molar-refractivity contribution in [3.8, 4) is 6.07 Å². The zero-order chi connectivity index (χ0) is 8.97. The Morgan fingerprint density at radius 2 is 2.17 bits per heavy atom. The van der Waals surface area contributed by atoms with Crippen molar-refractivity contribution in [2.75, 3.05) is 0 Å². The van der Waals surface area contributed by atoms with Gasteiger partial charge in [-0.2, -0.15) is 5.26 Å². The molecule has 0 heterocycles. The Hall–Kier alpha value is -1.18. The van der Waals surface area contributed by atoms with Crippen LogP contribution in [0.25, 0.3) is 0 Å². The lowest BCUT2D eigenvalue weighted by molar-refractivity contribution is 0.563. The third kappa shape index (κ3) is 2.16. The summed E-state index contributed by atoms with van der Waals surface area (Å²) >= 11 is -1.88. The molecule has 1 atom stereocenters. The largest absolute Gasteiger partial charge is 0.306 e. The number of nitriles is 1. The zero-order valence-corrected chi connectivity index (χ0v) is 7.04. The highest BCUT2D eigenvalue weighted by Crippen LogP contribution is 2.08. The van der Waals surface area contributed by atoms with Crippen LogP contribution in [0.3, 0.4) is 0 Å². The molecule has 0 bridgehead atoms. The number of hydrogen-bond acceptors (Lipinski definition) is 2. The fourth-order valence-electron chi connectivity index (χ4n) is 0.888. The molecule has 1 unspecified atom stereocenters. The molecule has 1 N–H and O–H groups in total. The summed E-state index contributed by atoms with van der Waals surface area (Å²) < 4.78 is 19.0. The monoisotopic (exact) mass is 181 g/mol. The van der Waals surface area contributed by atoms with Gasteiger partial charge in [0.05, 0.1) is 17.4 Å². The van der Waals surface area contributed by atoms with Gasteiger partial charge in [0.15, 0.2) is 11.1 Å². The molecule has 12 heavy (non-hydrogen) atoms. The van der Waals surface area contributed by atoms with E-state index in [1.54, 1.807) is 24.3 Å². The van der Waals surface area contributed by atoms with Crippen LogP contribution in [0.5, 0.6) is 0 Å². The fourth-order valence-corrected chi connectivity index (χ4v) is 1.41. The highest BCUT2D eigenvalue weighted by Gasteiger charge is 2.02. The second-order valence-corrected chi connectivity index (χ2v) is 3.17. The van der Waals surface area contributed by atoms with E-state index in [1.165, 1.54) is 0 Å². The molecule has 0 fully saturated rings. The van der Waals surface area contributed by atoms with Crippen molar-refractivity contribution >= 4 is 11.1 Å². The molecule has 0 radical (unpaired) electrons. The van der Waals surface area contributed by atoms with Crippen LogP contribution in [0.4, 0.5) is 0 Å². The van der Waals surface area contributed by atoms with Gasteiger partial charge in [0, 0.05) is 0 Å². The Morgan fingerprint density at radius 1 is 1.50 bits per heavy atom. The van der Waals surface area contributed by atoms with Crippen molar-refractivity contribution in [1.82, 2.24) is 0 Å². The van der Waals surface area contributed by atoms with Crippen LogP contribution in [0.2, 0.25) is 0 Å². The number of rotatable bonds is 2. The molecule has 0 amide bonds. The second-order valence-electron chi connectivity index (χ2n) is 2.23. The maximum Gasteiger partial charge on any atom is 0.157 e. The highest BCUT2D eigenvalue weighted by atomic mass is 32.2. The molecule has 1 aromatic rings. The number of benzene rings is 1. The van der Waals surface area contributed by atoms with E-state index in [0.29, 0.717) is 11.1 Å². The first-order chi connectivity index (χ1) is 5.74. The van der Waals surface area contributed by atoms with Gasteiger partial charge >= 0.3 is 0 Å². The van der Waals surface area contributed by atoms with Gasteiger partial charge in [-0.3, -0.25) is 0 Å². The lowest BCUT2D eigenvalue weighted by atomic mass is 10.1. The van der Waals surface area contributed by atoms with Gasteiger partial charge < -0.3 is 4.55 Å². The summed E-state index contributed by atoms with van der Waals surface area (Å²) in [7, 11) is 0. The van der Waals surface area contributed by atoms with Gasteiger partial charge in [0.1, 0.15) is 0 Å². The number of hydrogen-bond donors (Lipinski definition) is 1. The van der Waals surface area contributed by atoms with Crippen molar-refractivity contribution < 1.29 is 8.76 Å². The Labute approximate surface area is 72.9 Å². The second kappa shape index (κ2) is 4.00. The van der Waals surface area contributed by atoms with E-state index >= 15 is 0 Å². The third-order valence-corrected chi connectivity index (χ3v) is 1.97. The molecule has 62 valence electrons. The maximum absolute atomic E-state index is 10.4. The Bertz CT molecular complexity index is 343. The minimum Gasteiger partial charge on any atom is -0.306 e. The van der Waals surface area contributed by atoms with Crippen molar-refractivity contribution in [1.29, 1.82) is 5.26 Å². The van der Waals surface area contributed by atoms with E-state index < -0.39 is 11.1 Å². The Morgan fingerprint density at radius 3 is 2.75 bits per heavy atom. The zero-order valence-electron chi connectivity index (χ0n) is 6.23. The van der Waals surface area contributed by atoms with Crippen molar-refractivity contribution in [3.05, 3.63) is 35.4 Å². The minimum atomic E-state index is -1.88. The molecule has 0 aliphatic carbocycles. The van der Waals surface area contributed by atoms with E-state index in [9.17, 15) is 4.21 Å². The normalized spacial score (nSPS) is 12.0. The molecule has 1 aromatic carbocycles. The summed E-state index contributed by atoms with van der Waals surface area (Å²) in [6.07, 6.45) is 0. The molecule has 0 aromatic heterocycles. The van der Waals surface area contributed by atoms with E-state index in [0.717, 1.165) is 0 Å². The van der Waals surface area contributed by atoms with Crippen LogP contribution in [0.1, 0.15) is 11.1 Å². The average Bonchev–Trinajstić information content (AvgIpc) is 2.04. The molecule has 0 saturated heterocycles. The van der Waals surface area contributed by atoms with Gasteiger partial charge in [-0.15, -0.1) is 0 Å². The minimum absolute atomic E-state index is 0.0176. The van der Waals surface area contributed by atoms with Crippen LogP contribution >= 0.6 is 0 Å². The summed E-state index contributed by atoms with van der Waals surface area (Å²) in [5.41, 5.74) is 1.07. The molecule has 0 aliphatic heterocycles. The van der Waals surface area contributed by atoms with Crippen LogP contribution in [0, 0.1) is 11.3 Å². The maximum atomic E-state index is 10.4. The van der Waals surface area contributed by atoms with E-state index in [4.69, 9.17) is 9.81 Å². The third-order valence-electron chi connectivity index (χ3n) is 1.42. The SMILES string of the molecule is N#Cc1ccccc1CS(=O)O. The molecule has 0 aliphatic rings. The predicted molar refractivity (Wildman–Crippen MR) is 45.6 cm³/mol. The van der Waals surface area contributed by atoms with Gasteiger partial charge in [0.25, 0.3) is 0 Å². The lowest BCUT2D eigenvalue weighted by Gasteiger charge is -1.98. The molecule has 0 spiro atoms. The van der Waals surface area contributed by atoms with E-state index in [-0.39, 0.29) is 5.75 Å². The van der Waals surface area contributed by atoms with Crippen LogP contribution in [-0.4, -0.2) is 8.76 Å². The summed E-state index contributed by atoms with van der Waals surface area (Å²) in [4.78, 5) is 0. The van der Waals surface area contributed by atoms with Crippen LogP contribution < -0.4 is 0 Å². The quantitative estimate of drug-likeness (QED) is 0.699. The summed E-state index contributed by atoms with van der Waals surface area (Å²) in [5.74, 6) is 0.0176. The first kappa shape index (κ1) is 8.91. The standard InChI is InChI=1S/C8H7NO2S/c9-5-7-3-1-2-4-8(7)6-12(10)11/h1-4H,6H2,(H,10,11). The van der Waals surface area contributed by atoms with Gasteiger partial charge in [-0.05, 0) is 11.6 Å². The summed E-state index contributed by atoms with van der Waals surface area (Å²) in [6, 6.07) is 8.72. The Balaban J connectivity index is 2.99. The number of nitrogens with zero attached hydrogens (tertiary/aromatic N) is 1. The molecular weight excluding hydrogens is 174 g/mol. The van der Waals surface area contributed by atoms with Crippen LogP contribution in [0.15, 0.2) is 24.3 Å². The molecule has 0 saturated carbocycles. The predicted octanol–water partition coefficient (Wildman–Crippen LogP) is 1.28. The Kier molecular flexibility index (Phi) is 2.97. The van der Waals surface area contributed by atoms with E-state index in [2.05, 4.69) is 0 Å². The summed E-state index contributed by atoms with van der Waals surface area (Å²) in [6.45, 7) is 0. The van der Waals surface area contributed by atoms with E-state index in [1.807, 2.05) is 6.07 Å². The highest BCUT2D eigenvalue weighted by molar-refractivity contribution is 7.78. The molecule has 3 nitrogen and oxygen atoms in total. The molecule has 1 rings (SSSR count). The lowest BCUT2D eigenvalue weighted by Crippen LogP contribution is -1.95.